The van der Waals surface area contributed by atoms with Gasteiger partial charge in [0.05, 0.1) is 12.8 Å². The molecule has 0 aliphatic rings. The van der Waals surface area contributed by atoms with Crippen LogP contribution in [0.3, 0.4) is 0 Å². The zero-order valence-corrected chi connectivity index (χ0v) is 16.2. The SMILES string of the molecule is CC(C)[C@H](NC(=O)[C@H](CC(=O)O)NC(=O)c1ccccc1)C(=O)NCCC(=O)O. The number of carbonyl (C=O) groups excluding carboxylic acids is 3. The Kier molecular flexibility index (Phi) is 9.30. The van der Waals surface area contributed by atoms with E-state index in [4.69, 9.17) is 10.2 Å². The number of hydrogen-bond acceptors (Lipinski definition) is 5. The van der Waals surface area contributed by atoms with Gasteiger partial charge in [-0.3, -0.25) is 24.0 Å². The number of benzene rings is 1. The van der Waals surface area contributed by atoms with Gasteiger partial charge >= 0.3 is 11.9 Å². The lowest BCUT2D eigenvalue weighted by Crippen LogP contribution is -2.56. The molecule has 0 unspecified atom stereocenters. The van der Waals surface area contributed by atoms with E-state index < -0.39 is 48.2 Å². The number of aliphatic carboxylic acids is 2. The van der Waals surface area contributed by atoms with Crippen molar-refractivity contribution in [2.75, 3.05) is 6.54 Å². The van der Waals surface area contributed by atoms with Gasteiger partial charge in [0.1, 0.15) is 12.1 Å². The summed E-state index contributed by atoms with van der Waals surface area (Å²) in [5.74, 6) is -4.80. The van der Waals surface area contributed by atoms with Crippen LogP contribution < -0.4 is 16.0 Å². The molecule has 2 atom stereocenters. The molecule has 1 aromatic carbocycles. The zero-order chi connectivity index (χ0) is 22.0. The van der Waals surface area contributed by atoms with Gasteiger partial charge in [-0.2, -0.15) is 0 Å². The molecule has 10 heteroatoms. The van der Waals surface area contributed by atoms with Gasteiger partial charge in [-0.05, 0) is 18.1 Å². The molecule has 0 bridgehead atoms. The Balaban J connectivity index is 2.85. The molecule has 0 saturated heterocycles. The molecule has 0 aliphatic carbocycles. The van der Waals surface area contributed by atoms with Gasteiger partial charge in [-0.15, -0.1) is 0 Å². The van der Waals surface area contributed by atoms with E-state index in [1.165, 1.54) is 12.1 Å². The summed E-state index contributed by atoms with van der Waals surface area (Å²) in [7, 11) is 0. The summed E-state index contributed by atoms with van der Waals surface area (Å²) in [5.41, 5.74) is 0.252. The maximum absolute atomic E-state index is 12.6. The third-order valence-corrected chi connectivity index (χ3v) is 3.92. The summed E-state index contributed by atoms with van der Waals surface area (Å²) in [6.07, 6.45) is -0.949. The molecule has 0 heterocycles. The van der Waals surface area contributed by atoms with E-state index in [9.17, 15) is 24.0 Å². The zero-order valence-electron chi connectivity index (χ0n) is 16.2. The second-order valence-corrected chi connectivity index (χ2v) is 6.65. The third-order valence-electron chi connectivity index (χ3n) is 3.92. The minimum absolute atomic E-state index is 0.115. The number of carbonyl (C=O) groups is 5. The smallest absolute Gasteiger partial charge is 0.305 e. The van der Waals surface area contributed by atoms with Crippen LogP contribution in [0.1, 0.15) is 37.0 Å². The van der Waals surface area contributed by atoms with Crippen LogP contribution in [0.25, 0.3) is 0 Å². The topological polar surface area (TPSA) is 162 Å². The normalized spacial score (nSPS) is 12.5. The average Bonchev–Trinajstić information content (AvgIpc) is 2.64. The van der Waals surface area contributed by atoms with Gasteiger partial charge in [0, 0.05) is 12.1 Å². The molecule has 0 saturated carbocycles. The van der Waals surface area contributed by atoms with Gasteiger partial charge in [0.15, 0.2) is 0 Å². The molecule has 0 aromatic heterocycles. The number of hydrogen-bond donors (Lipinski definition) is 5. The molecule has 0 aliphatic heterocycles. The largest absolute Gasteiger partial charge is 0.481 e. The van der Waals surface area contributed by atoms with Crippen LogP contribution in [0, 0.1) is 5.92 Å². The van der Waals surface area contributed by atoms with Crippen LogP contribution in [0.2, 0.25) is 0 Å². The second kappa shape index (κ2) is 11.4. The predicted molar refractivity (Wildman–Crippen MR) is 102 cm³/mol. The second-order valence-electron chi connectivity index (χ2n) is 6.65. The lowest BCUT2D eigenvalue weighted by Gasteiger charge is -2.24. The first kappa shape index (κ1) is 23.6. The molecule has 5 N–H and O–H groups in total. The van der Waals surface area contributed by atoms with Gasteiger partial charge in [0.2, 0.25) is 11.8 Å². The Morgan fingerprint density at radius 3 is 2.03 bits per heavy atom. The highest BCUT2D eigenvalue weighted by atomic mass is 16.4. The quantitative estimate of drug-likeness (QED) is 0.344. The summed E-state index contributed by atoms with van der Waals surface area (Å²) >= 11 is 0. The van der Waals surface area contributed by atoms with Crippen LogP contribution in [0.4, 0.5) is 0 Å². The molecule has 0 radical (unpaired) electrons. The maximum atomic E-state index is 12.6. The predicted octanol–water partition coefficient (Wildman–Crippen LogP) is -0.00860. The number of carboxylic acid groups (broad SMARTS) is 2. The highest BCUT2D eigenvalue weighted by molar-refractivity contribution is 5.99. The Morgan fingerprint density at radius 2 is 1.52 bits per heavy atom. The third kappa shape index (κ3) is 8.41. The number of amides is 3. The van der Waals surface area contributed by atoms with Gasteiger partial charge < -0.3 is 26.2 Å². The lowest BCUT2D eigenvalue weighted by molar-refractivity contribution is -0.140. The molecule has 1 aromatic rings. The van der Waals surface area contributed by atoms with E-state index in [1.54, 1.807) is 32.0 Å². The van der Waals surface area contributed by atoms with Crippen molar-refractivity contribution in [1.29, 1.82) is 0 Å². The Labute approximate surface area is 167 Å². The fraction of sp³-hybridized carbons (Fsp3) is 0.421. The van der Waals surface area contributed by atoms with Crippen molar-refractivity contribution in [3.05, 3.63) is 35.9 Å². The first-order valence-corrected chi connectivity index (χ1v) is 8.99. The van der Waals surface area contributed by atoms with Crippen molar-refractivity contribution in [2.45, 2.75) is 38.8 Å². The fourth-order valence-electron chi connectivity index (χ4n) is 2.41. The molecule has 0 fully saturated rings. The van der Waals surface area contributed by atoms with Gasteiger partial charge in [0.25, 0.3) is 5.91 Å². The molecule has 29 heavy (non-hydrogen) atoms. The van der Waals surface area contributed by atoms with Crippen molar-refractivity contribution >= 4 is 29.7 Å². The first-order valence-electron chi connectivity index (χ1n) is 8.99. The average molecular weight is 407 g/mol. The Hall–Kier alpha value is -3.43. The lowest BCUT2D eigenvalue weighted by atomic mass is 10.0. The van der Waals surface area contributed by atoms with Crippen molar-refractivity contribution in [1.82, 2.24) is 16.0 Å². The van der Waals surface area contributed by atoms with E-state index in [0.717, 1.165) is 0 Å². The van der Waals surface area contributed by atoms with Crippen LogP contribution >= 0.6 is 0 Å². The van der Waals surface area contributed by atoms with Crippen molar-refractivity contribution in [3.8, 4) is 0 Å². The fourth-order valence-corrected chi connectivity index (χ4v) is 2.41. The summed E-state index contributed by atoms with van der Waals surface area (Å²) in [4.78, 5) is 58.8. The summed E-state index contributed by atoms with van der Waals surface area (Å²) in [5, 5.41) is 24.9. The minimum Gasteiger partial charge on any atom is -0.481 e. The summed E-state index contributed by atoms with van der Waals surface area (Å²) in [6, 6.07) is 5.55. The van der Waals surface area contributed by atoms with Gasteiger partial charge in [-0.25, -0.2) is 0 Å². The first-order chi connectivity index (χ1) is 13.6. The standard InChI is InChI=1S/C19H25N3O7/c1-11(2)16(19(29)20-9-8-14(23)24)22-18(28)13(10-15(25)26)21-17(27)12-6-4-3-5-7-12/h3-7,11,13,16H,8-10H2,1-2H3,(H,20,29)(H,21,27)(H,22,28)(H,23,24)(H,25,26)/t13-,16-/m0/s1. The molecule has 3 amide bonds. The summed E-state index contributed by atoms with van der Waals surface area (Å²) < 4.78 is 0. The molecule has 158 valence electrons. The van der Waals surface area contributed by atoms with Crippen LogP contribution in [0.15, 0.2) is 30.3 Å². The Morgan fingerprint density at radius 1 is 0.897 bits per heavy atom. The van der Waals surface area contributed by atoms with E-state index >= 15 is 0 Å². The van der Waals surface area contributed by atoms with E-state index in [-0.39, 0.29) is 24.4 Å². The minimum atomic E-state index is -1.40. The van der Waals surface area contributed by atoms with Gasteiger partial charge in [-0.1, -0.05) is 32.0 Å². The van der Waals surface area contributed by atoms with Crippen molar-refractivity contribution in [3.63, 3.8) is 0 Å². The number of nitrogens with one attached hydrogen (secondary N) is 3. The molecule has 1 rings (SSSR count). The van der Waals surface area contributed by atoms with Crippen LogP contribution in [-0.4, -0.2) is 58.5 Å². The maximum Gasteiger partial charge on any atom is 0.305 e. The van der Waals surface area contributed by atoms with E-state index in [0.29, 0.717) is 0 Å². The number of carboxylic acids is 2. The monoisotopic (exact) mass is 407 g/mol. The van der Waals surface area contributed by atoms with E-state index in [1.807, 2.05) is 0 Å². The molecule has 0 spiro atoms. The molecule has 10 nitrogen and oxygen atoms in total. The molecular formula is C19H25N3O7. The van der Waals surface area contributed by atoms with Crippen molar-refractivity contribution in [2.24, 2.45) is 5.92 Å². The Bertz CT molecular complexity index is 749. The molecular weight excluding hydrogens is 382 g/mol. The van der Waals surface area contributed by atoms with E-state index in [2.05, 4.69) is 16.0 Å². The van der Waals surface area contributed by atoms with Crippen LogP contribution in [-0.2, 0) is 19.2 Å². The number of rotatable bonds is 11. The van der Waals surface area contributed by atoms with Crippen LogP contribution in [0.5, 0.6) is 0 Å². The van der Waals surface area contributed by atoms with Crippen molar-refractivity contribution < 1.29 is 34.2 Å². The highest BCUT2D eigenvalue weighted by Gasteiger charge is 2.30. The highest BCUT2D eigenvalue weighted by Crippen LogP contribution is 2.05. The summed E-state index contributed by atoms with van der Waals surface area (Å²) in [6.45, 7) is 3.21.